The lowest BCUT2D eigenvalue weighted by Gasteiger charge is -2.54. The zero-order valence-corrected chi connectivity index (χ0v) is 13.7. The van der Waals surface area contributed by atoms with Gasteiger partial charge in [0.05, 0.1) is 5.75 Å². The summed E-state index contributed by atoms with van der Waals surface area (Å²) in [6, 6.07) is 0.513. The van der Waals surface area contributed by atoms with Gasteiger partial charge in [0.1, 0.15) is 0 Å². The topological polar surface area (TPSA) is 41.1 Å². The Kier molecular flexibility index (Phi) is 4.19. The number of hydrogen-bond donors (Lipinski definition) is 2. The van der Waals surface area contributed by atoms with E-state index >= 15 is 0 Å². The summed E-state index contributed by atoms with van der Waals surface area (Å²) in [5, 5.41) is 7.51. The molecule has 4 bridgehead atoms. The molecule has 1 heterocycles. The fraction of sp³-hybridized carbons (Fsp3) is 0.941. The molecule has 2 N–H and O–H groups in total. The molecule has 4 aliphatic carbocycles. The first-order valence-electron chi connectivity index (χ1n) is 8.89. The zero-order chi connectivity index (χ0) is 14.2. The minimum atomic E-state index is 0.302. The summed E-state index contributed by atoms with van der Waals surface area (Å²) in [5.74, 6) is 4.56. The van der Waals surface area contributed by atoms with Crippen molar-refractivity contribution in [2.45, 2.75) is 56.2 Å². The van der Waals surface area contributed by atoms with Crippen LogP contribution in [-0.2, 0) is 4.79 Å². The van der Waals surface area contributed by atoms with Crippen molar-refractivity contribution in [3.8, 4) is 0 Å². The minimum Gasteiger partial charge on any atom is -0.352 e. The maximum atomic E-state index is 12.3. The molecule has 0 aromatic heterocycles. The first kappa shape index (κ1) is 14.4. The van der Waals surface area contributed by atoms with Gasteiger partial charge >= 0.3 is 0 Å². The third-order valence-electron chi connectivity index (χ3n) is 6.29. The van der Waals surface area contributed by atoms with Gasteiger partial charge in [-0.05, 0) is 81.7 Å². The van der Waals surface area contributed by atoms with E-state index in [4.69, 9.17) is 0 Å². The fourth-order valence-electron chi connectivity index (χ4n) is 5.54. The van der Waals surface area contributed by atoms with Crippen LogP contribution in [0.3, 0.4) is 0 Å². The molecule has 0 spiro atoms. The Labute approximate surface area is 132 Å². The van der Waals surface area contributed by atoms with Crippen molar-refractivity contribution in [2.24, 2.45) is 23.7 Å². The first-order valence-corrected chi connectivity index (χ1v) is 9.94. The summed E-state index contributed by atoms with van der Waals surface area (Å²) in [4.78, 5) is 12.3. The van der Waals surface area contributed by atoms with Crippen LogP contribution in [0.4, 0.5) is 0 Å². The summed E-state index contributed by atoms with van der Waals surface area (Å²) in [5.41, 5.74) is 0. The van der Waals surface area contributed by atoms with Crippen LogP contribution in [0.15, 0.2) is 0 Å². The largest absolute Gasteiger partial charge is 0.352 e. The van der Waals surface area contributed by atoms with Crippen LogP contribution in [0.1, 0.15) is 44.9 Å². The molecule has 21 heavy (non-hydrogen) atoms. The molecule has 0 atom stereocenters. The Morgan fingerprint density at radius 1 is 1.00 bits per heavy atom. The highest BCUT2D eigenvalue weighted by Crippen LogP contribution is 2.53. The summed E-state index contributed by atoms with van der Waals surface area (Å²) in [7, 11) is 0. The maximum absolute atomic E-state index is 12.3. The molecule has 4 saturated carbocycles. The lowest BCUT2D eigenvalue weighted by molar-refractivity contribution is -0.122. The van der Waals surface area contributed by atoms with Gasteiger partial charge in [-0.2, -0.15) is 0 Å². The van der Waals surface area contributed by atoms with E-state index in [0.717, 1.165) is 36.8 Å². The molecule has 5 rings (SSSR count). The van der Waals surface area contributed by atoms with E-state index in [1.807, 2.05) is 11.8 Å². The Balaban J connectivity index is 1.26. The lowest BCUT2D eigenvalue weighted by Crippen LogP contribution is -2.56. The Morgan fingerprint density at radius 2 is 1.62 bits per heavy atom. The van der Waals surface area contributed by atoms with E-state index < -0.39 is 0 Å². The predicted octanol–water partition coefficient (Wildman–Crippen LogP) is 2.41. The molecule has 0 aromatic rings. The summed E-state index contributed by atoms with van der Waals surface area (Å²) in [6.45, 7) is 2.24. The van der Waals surface area contributed by atoms with Gasteiger partial charge in [0.25, 0.3) is 0 Å². The fourth-order valence-corrected chi connectivity index (χ4v) is 6.58. The van der Waals surface area contributed by atoms with Gasteiger partial charge in [-0.15, -0.1) is 11.8 Å². The molecule has 0 radical (unpaired) electrons. The van der Waals surface area contributed by atoms with Crippen molar-refractivity contribution in [3.05, 3.63) is 0 Å². The van der Waals surface area contributed by atoms with E-state index in [-0.39, 0.29) is 0 Å². The van der Waals surface area contributed by atoms with Crippen molar-refractivity contribution >= 4 is 17.7 Å². The average molecular weight is 308 g/mol. The molecule has 1 saturated heterocycles. The second-order valence-corrected chi connectivity index (χ2v) is 9.07. The molecular weight excluding hydrogens is 280 g/mol. The van der Waals surface area contributed by atoms with Crippen molar-refractivity contribution < 1.29 is 4.79 Å². The second-order valence-electron chi connectivity index (χ2n) is 7.78. The molecule has 0 unspecified atom stereocenters. The number of nitrogens with one attached hydrogen (secondary N) is 2. The molecule has 1 amide bonds. The van der Waals surface area contributed by atoms with Crippen molar-refractivity contribution in [1.82, 2.24) is 10.6 Å². The van der Waals surface area contributed by atoms with Gasteiger partial charge in [-0.25, -0.2) is 0 Å². The second kappa shape index (κ2) is 6.11. The smallest absolute Gasteiger partial charge is 0.230 e. The molecule has 118 valence electrons. The minimum absolute atomic E-state index is 0.302. The molecule has 5 aliphatic rings. The molecular formula is C17H28N2OS. The summed E-state index contributed by atoms with van der Waals surface area (Å²) in [6.07, 6.45) is 9.47. The van der Waals surface area contributed by atoms with E-state index in [0.29, 0.717) is 23.0 Å². The first-order chi connectivity index (χ1) is 10.3. The molecule has 4 heteroatoms. The van der Waals surface area contributed by atoms with Gasteiger partial charge in [0.2, 0.25) is 5.91 Å². The van der Waals surface area contributed by atoms with Crippen LogP contribution in [-0.4, -0.2) is 36.0 Å². The van der Waals surface area contributed by atoms with Crippen molar-refractivity contribution in [1.29, 1.82) is 0 Å². The van der Waals surface area contributed by atoms with Gasteiger partial charge < -0.3 is 10.6 Å². The highest BCUT2D eigenvalue weighted by atomic mass is 32.2. The van der Waals surface area contributed by atoms with Crippen LogP contribution in [0.5, 0.6) is 0 Å². The van der Waals surface area contributed by atoms with Crippen molar-refractivity contribution in [2.75, 3.05) is 18.8 Å². The van der Waals surface area contributed by atoms with Gasteiger partial charge in [0.15, 0.2) is 0 Å². The van der Waals surface area contributed by atoms with E-state index in [1.165, 1.54) is 44.9 Å². The molecule has 5 fully saturated rings. The number of piperidine rings is 1. The van der Waals surface area contributed by atoms with Crippen LogP contribution >= 0.6 is 11.8 Å². The third-order valence-corrected chi connectivity index (χ3v) is 7.66. The number of carbonyl (C=O) groups is 1. The summed E-state index contributed by atoms with van der Waals surface area (Å²) < 4.78 is 0. The van der Waals surface area contributed by atoms with E-state index in [9.17, 15) is 4.79 Å². The normalized spacial score (nSPS) is 42.2. The van der Waals surface area contributed by atoms with Gasteiger partial charge in [-0.1, -0.05) is 0 Å². The van der Waals surface area contributed by atoms with E-state index in [1.54, 1.807) is 0 Å². The molecule has 0 aromatic carbocycles. The van der Waals surface area contributed by atoms with Crippen molar-refractivity contribution in [3.63, 3.8) is 0 Å². The molecule has 3 nitrogen and oxygen atoms in total. The maximum Gasteiger partial charge on any atom is 0.230 e. The number of rotatable bonds is 4. The zero-order valence-electron chi connectivity index (χ0n) is 12.9. The predicted molar refractivity (Wildman–Crippen MR) is 87.3 cm³/mol. The number of thioether (sulfide) groups is 1. The number of hydrogen-bond acceptors (Lipinski definition) is 3. The standard InChI is InChI=1S/C17H28N2OS/c20-16(10-21-15-1-3-18-4-2-15)19-17-13-6-11-5-12(8-13)9-14(17)7-11/h11-15,17-18H,1-10H2,(H,19,20). The van der Waals surface area contributed by atoms with Gasteiger partial charge in [-0.3, -0.25) is 4.79 Å². The monoisotopic (exact) mass is 308 g/mol. The van der Waals surface area contributed by atoms with Crippen LogP contribution in [0, 0.1) is 23.7 Å². The van der Waals surface area contributed by atoms with Crippen LogP contribution < -0.4 is 10.6 Å². The quantitative estimate of drug-likeness (QED) is 0.838. The SMILES string of the molecule is O=C(CSC1CCNCC1)NC1C2CC3CC(C2)CC1C3. The highest BCUT2D eigenvalue weighted by molar-refractivity contribution is 8.00. The Bertz CT molecular complexity index is 366. The highest BCUT2D eigenvalue weighted by Gasteiger charge is 2.48. The van der Waals surface area contributed by atoms with E-state index in [2.05, 4.69) is 10.6 Å². The van der Waals surface area contributed by atoms with Crippen LogP contribution in [0.25, 0.3) is 0 Å². The Hall–Kier alpha value is -0.220. The lowest BCUT2D eigenvalue weighted by atomic mass is 9.54. The average Bonchev–Trinajstić information content (AvgIpc) is 2.49. The summed E-state index contributed by atoms with van der Waals surface area (Å²) >= 11 is 1.88. The van der Waals surface area contributed by atoms with Gasteiger partial charge in [0, 0.05) is 11.3 Å². The molecule has 1 aliphatic heterocycles. The Morgan fingerprint density at radius 3 is 2.24 bits per heavy atom. The number of carbonyl (C=O) groups excluding carboxylic acids is 1. The third kappa shape index (κ3) is 3.12. The van der Waals surface area contributed by atoms with Crippen LogP contribution in [0.2, 0.25) is 0 Å². The number of amides is 1.